The molecule has 4 heteroatoms. The van der Waals surface area contributed by atoms with Crippen LogP contribution < -0.4 is 5.32 Å². The topological polar surface area (TPSA) is 51.2 Å². The maximum atomic E-state index is 12.0. The number of nitrogens with zero attached hydrogens (tertiary/aromatic N) is 1. The molecule has 1 amide bonds. The summed E-state index contributed by atoms with van der Waals surface area (Å²) in [7, 11) is 0. The summed E-state index contributed by atoms with van der Waals surface area (Å²) in [6.45, 7) is 5.30. The number of fused-ring (bicyclic) bond motifs is 1. The highest BCUT2D eigenvalue weighted by atomic mass is 16.5. The Balaban J connectivity index is 1.87. The Kier molecular flexibility index (Phi) is 5.07. The number of nitrogens with one attached hydrogen (secondary N) is 1. The first kappa shape index (κ1) is 14.5. The SMILES string of the molecule is CC(C)OCCCNC(=O)c1ccc2cnccc2c1. The molecule has 0 unspecified atom stereocenters. The first-order valence-corrected chi connectivity index (χ1v) is 6.90. The number of pyridine rings is 1. The molecule has 0 saturated carbocycles. The quantitative estimate of drug-likeness (QED) is 0.823. The molecule has 1 aromatic carbocycles. The fourth-order valence-corrected chi connectivity index (χ4v) is 1.92. The number of ether oxygens (including phenoxy) is 1. The van der Waals surface area contributed by atoms with E-state index in [1.807, 2.05) is 38.1 Å². The molecular formula is C16H20N2O2. The zero-order chi connectivity index (χ0) is 14.4. The van der Waals surface area contributed by atoms with Crippen LogP contribution in [-0.2, 0) is 4.74 Å². The maximum Gasteiger partial charge on any atom is 0.251 e. The van der Waals surface area contributed by atoms with Crippen molar-refractivity contribution in [2.75, 3.05) is 13.2 Å². The Bertz CT molecular complexity index is 581. The summed E-state index contributed by atoms with van der Waals surface area (Å²) in [6.07, 6.45) is 4.58. The van der Waals surface area contributed by atoms with Crippen molar-refractivity contribution in [3.8, 4) is 0 Å². The number of rotatable bonds is 6. The summed E-state index contributed by atoms with van der Waals surface area (Å²) < 4.78 is 5.43. The van der Waals surface area contributed by atoms with E-state index in [1.54, 1.807) is 12.4 Å². The van der Waals surface area contributed by atoms with Gasteiger partial charge in [0.25, 0.3) is 5.91 Å². The normalized spacial score (nSPS) is 10.9. The van der Waals surface area contributed by atoms with E-state index in [1.165, 1.54) is 0 Å². The highest BCUT2D eigenvalue weighted by Crippen LogP contribution is 2.14. The molecule has 0 fully saturated rings. The van der Waals surface area contributed by atoms with Gasteiger partial charge >= 0.3 is 0 Å². The molecule has 0 aliphatic carbocycles. The Morgan fingerprint density at radius 2 is 2.15 bits per heavy atom. The van der Waals surface area contributed by atoms with E-state index < -0.39 is 0 Å². The monoisotopic (exact) mass is 272 g/mol. The second kappa shape index (κ2) is 7.01. The molecule has 2 aromatic rings. The van der Waals surface area contributed by atoms with Crippen LogP contribution in [0, 0.1) is 0 Å². The fraction of sp³-hybridized carbons (Fsp3) is 0.375. The lowest BCUT2D eigenvalue weighted by molar-refractivity contribution is 0.0757. The third kappa shape index (κ3) is 4.03. The van der Waals surface area contributed by atoms with Crippen LogP contribution in [0.1, 0.15) is 30.6 Å². The molecule has 20 heavy (non-hydrogen) atoms. The first-order chi connectivity index (χ1) is 9.66. The second-order valence-electron chi connectivity index (χ2n) is 4.97. The van der Waals surface area contributed by atoms with Crippen LogP contribution in [0.5, 0.6) is 0 Å². The lowest BCUT2D eigenvalue weighted by atomic mass is 10.1. The summed E-state index contributed by atoms with van der Waals surface area (Å²) in [5.41, 5.74) is 0.675. The zero-order valence-corrected chi connectivity index (χ0v) is 11.9. The standard InChI is InChI=1S/C16H20N2O2/c1-12(2)20-9-3-7-18-16(19)14-4-5-15-11-17-8-6-13(15)10-14/h4-6,8,10-12H,3,7,9H2,1-2H3,(H,18,19). The van der Waals surface area contributed by atoms with Gasteiger partial charge in [0.1, 0.15) is 0 Å². The van der Waals surface area contributed by atoms with E-state index in [9.17, 15) is 4.79 Å². The van der Waals surface area contributed by atoms with Crippen LogP contribution in [0.25, 0.3) is 10.8 Å². The van der Waals surface area contributed by atoms with Crippen molar-refractivity contribution in [3.05, 3.63) is 42.2 Å². The van der Waals surface area contributed by atoms with Crippen molar-refractivity contribution in [1.82, 2.24) is 10.3 Å². The number of benzene rings is 1. The molecule has 4 nitrogen and oxygen atoms in total. The van der Waals surface area contributed by atoms with E-state index in [-0.39, 0.29) is 12.0 Å². The zero-order valence-electron chi connectivity index (χ0n) is 11.9. The lowest BCUT2D eigenvalue weighted by Gasteiger charge is -2.08. The number of carbonyl (C=O) groups is 1. The van der Waals surface area contributed by atoms with Crippen LogP contribution in [-0.4, -0.2) is 30.1 Å². The van der Waals surface area contributed by atoms with Crippen molar-refractivity contribution in [2.45, 2.75) is 26.4 Å². The lowest BCUT2D eigenvalue weighted by Crippen LogP contribution is -2.25. The largest absolute Gasteiger partial charge is 0.379 e. The van der Waals surface area contributed by atoms with Gasteiger partial charge in [-0.25, -0.2) is 0 Å². The smallest absolute Gasteiger partial charge is 0.251 e. The Morgan fingerprint density at radius 1 is 1.30 bits per heavy atom. The van der Waals surface area contributed by atoms with Crippen molar-refractivity contribution < 1.29 is 9.53 Å². The van der Waals surface area contributed by atoms with Crippen LogP contribution >= 0.6 is 0 Å². The second-order valence-corrected chi connectivity index (χ2v) is 4.97. The van der Waals surface area contributed by atoms with Gasteiger partial charge in [0, 0.05) is 36.5 Å². The number of amides is 1. The van der Waals surface area contributed by atoms with Gasteiger partial charge in [0.05, 0.1) is 6.10 Å². The van der Waals surface area contributed by atoms with Gasteiger partial charge in [0.15, 0.2) is 0 Å². The molecule has 0 saturated heterocycles. The molecule has 0 bridgehead atoms. The minimum Gasteiger partial charge on any atom is -0.379 e. The Labute approximate surface area is 119 Å². The molecule has 0 atom stereocenters. The average molecular weight is 272 g/mol. The first-order valence-electron chi connectivity index (χ1n) is 6.90. The van der Waals surface area contributed by atoms with E-state index in [4.69, 9.17) is 4.74 Å². The van der Waals surface area contributed by atoms with Crippen LogP contribution in [0.15, 0.2) is 36.7 Å². The molecule has 2 rings (SSSR count). The van der Waals surface area contributed by atoms with Crippen LogP contribution in [0.3, 0.4) is 0 Å². The summed E-state index contributed by atoms with van der Waals surface area (Å²) in [5.74, 6) is -0.0479. The van der Waals surface area contributed by atoms with Gasteiger partial charge in [-0.2, -0.15) is 0 Å². The summed E-state index contributed by atoms with van der Waals surface area (Å²) >= 11 is 0. The van der Waals surface area contributed by atoms with E-state index >= 15 is 0 Å². The third-order valence-corrected chi connectivity index (χ3v) is 2.96. The summed E-state index contributed by atoms with van der Waals surface area (Å²) in [4.78, 5) is 16.1. The molecule has 0 spiro atoms. The summed E-state index contributed by atoms with van der Waals surface area (Å²) in [6, 6.07) is 7.53. The number of hydrogen-bond acceptors (Lipinski definition) is 3. The van der Waals surface area contributed by atoms with Gasteiger partial charge in [-0.3, -0.25) is 9.78 Å². The number of aromatic nitrogens is 1. The molecule has 106 valence electrons. The van der Waals surface area contributed by atoms with Gasteiger partial charge < -0.3 is 10.1 Å². The Morgan fingerprint density at radius 3 is 2.95 bits per heavy atom. The minimum atomic E-state index is -0.0479. The molecule has 0 aliphatic rings. The average Bonchev–Trinajstić information content (AvgIpc) is 2.46. The van der Waals surface area contributed by atoms with E-state index in [0.717, 1.165) is 17.2 Å². The molecular weight excluding hydrogens is 252 g/mol. The number of hydrogen-bond donors (Lipinski definition) is 1. The molecule has 0 radical (unpaired) electrons. The van der Waals surface area contributed by atoms with Crippen molar-refractivity contribution in [1.29, 1.82) is 0 Å². The predicted molar refractivity (Wildman–Crippen MR) is 79.8 cm³/mol. The summed E-state index contributed by atoms with van der Waals surface area (Å²) in [5, 5.41) is 4.96. The molecule has 1 N–H and O–H groups in total. The maximum absolute atomic E-state index is 12.0. The van der Waals surface area contributed by atoms with Crippen LogP contribution in [0.4, 0.5) is 0 Å². The van der Waals surface area contributed by atoms with Crippen molar-refractivity contribution >= 4 is 16.7 Å². The van der Waals surface area contributed by atoms with Gasteiger partial charge in [-0.05, 0) is 43.9 Å². The van der Waals surface area contributed by atoms with E-state index in [0.29, 0.717) is 18.7 Å². The number of carbonyl (C=O) groups excluding carboxylic acids is 1. The molecule has 1 aromatic heterocycles. The molecule has 1 heterocycles. The van der Waals surface area contributed by atoms with Gasteiger partial charge in [-0.1, -0.05) is 6.07 Å². The fourth-order valence-electron chi connectivity index (χ4n) is 1.92. The molecule has 0 aliphatic heterocycles. The van der Waals surface area contributed by atoms with Crippen molar-refractivity contribution in [3.63, 3.8) is 0 Å². The van der Waals surface area contributed by atoms with E-state index in [2.05, 4.69) is 10.3 Å². The highest BCUT2D eigenvalue weighted by Gasteiger charge is 2.05. The van der Waals surface area contributed by atoms with Crippen LogP contribution in [0.2, 0.25) is 0 Å². The third-order valence-electron chi connectivity index (χ3n) is 2.96. The van der Waals surface area contributed by atoms with Gasteiger partial charge in [-0.15, -0.1) is 0 Å². The highest BCUT2D eigenvalue weighted by molar-refractivity contribution is 5.98. The minimum absolute atomic E-state index is 0.0479. The van der Waals surface area contributed by atoms with Crippen molar-refractivity contribution in [2.24, 2.45) is 0 Å². The predicted octanol–water partition coefficient (Wildman–Crippen LogP) is 2.78. The Hall–Kier alpha value is -1.94. The van der Waals surface area contributed by atoms with Gasteiger partial charge in [0.2, 0.25) is 0 Å².